The van der Waals surface area contributed by atoms with Crippen molar-refractivity contribution in [3.8, 4) is 0 Å². The number of rotatable bonds is 9. The minimum Gasteiger partial charge on any atom is -0.348 e. The van der Waals surface area contributed by atoms with Crippen molar-refractivity contribution in [3.05, 3.63) is 11.1 Å². The molecule has 0 saturated heterocycles. The maximum Gasteiger partial charge on any atom is 0.185 e. The van der Waals surface area contributed by atoms with E-state index in [1.54, 1.807) is 11.3 Å². The van der Waals surface area contributed by atoms with E-state index in [0.29, 0.717) is 17.9 Å². The lowest BCUT2D eigenvalue weighted by Gasteiger charge is -2.25. The van der Waals surface area contributed by atoms with Gasteiger partial charge in [-0.15, -0.1) is 11.3 Å². The van der Waals surface area contributed by atoms with E-state index < -0.39 is 0 Å². The smallest absolute Gasteiger partial charge is 0.185 e. The van der Waals surface area contributed by atoms with E-state index in [-0.39, 0.29) is 0 Å². The van der Waals surface area contributed by atoms with Gasteiger partial charge < -0.3 is 10.2 Å². The second-order valence-corrected chi connectivity index (χ2v) is 7.26. The molecule has 3 nitrogen and oxygen atoms in total. The fraction of sp³-hybridized carbons (Fsp3) is 0.812. The average molecular weight is 298 g/mol. The molecule has 0 aliphatic carbocycles. The van der Waals surface area contributed by atoms with Crippen LogP contribution in [-0.2, 0) is 0 Å². The van der Waals surface area contributed by atoms with Gasteiger partial charge in [-0.3, -0.25) is 0 Å². The minimum atomic E-state index is 0.347. The number of hydrogen-bond donors (Lipinski definition) is 1. The van der Waals surface area contributed by atoms with E-state index in [1.807, 2.05) is 0 Å². The minimum absolute atomic E-state index is 0.347. The first-order valence-corrected chi connectivity index (χ1v) is 8.75. The van der Waals surface area contributed by atoms with Gasteiger partial charge in [-0.05, 0) is 31.7 Å². The predicted octanol–water partition coefficient (Wildman–Crippen LogP) is 4.32. The van der Waals surface area contributed by atoms with Crippen molar-refractivity contribution >= 4 is 16.5 Å². The molecule has 116 valence electrons. The van der Waals surface area contributed by atoms with Crippen LogP contribution in [0, 0.1) is 11.8 Å². The third-order valence-electron chi connectivity index (χ3n) is 3.10. The summed E-state index contributed by atoms with van der Waals surface area (Å²) < 4.78 is 0. The Kier molecular flexibility index (Phi) is 7.52. The second kappa shape index (κ2) is 8.63. The van der Waals surface area contributed by atoms with E-state index in [9.17, 15) is 0 Å². The number of thiazole rings is 1. The third-order valence-corrected chi connectivity index (χ3v) is 4.02. The van der Waals surface area contributed by atoms with Crippen LogP contribution in [-0.4, -0.2) is 24.6 Å². The molecule has 1 atom stereocenters. The van der Waals surface area contributed by atoms with Crippen LogP contribution in [0.5, 0.6) is 0 Å². The summed E-state index contributed by atoms with van der Waals surface area (Å²) in [6.45, 7) is 16.7. The van der Waals surface area contributed by atoms with Crippen molar-refractivity contribution in [2.75, 3.05) is 24.5 Å². The van der Waals surface area contributed by atoms with Gasteiger partial charge in [-0.2, -0.15) is 0 Å². The van der Waals surface area contributed by atoms with Gasteiger partial charge in [0.05, 0.1) is 5.69 Å². The van der Waals surface area contributed by atoms with Gasteiger partial charge in [-0.1, -0.05) is 34.6 Å². The van der Waals surface area contributed by atoms with Crippen LogP contribution in [0.3, 0.4) is 0 Å². The van der Waals surface area contributed by atoms with Gasteiger partial charge in [0.1, 0.15) is 0 Å². The highest BCUT2D eigenvalue weighted by Gasteiger charge is 2.16. The van der Waals surface area contributed by atoms with Gasteiger partial charge in [0.2, 0.25) is 0 Å². The molecule has 4 heteroatoms. The SMILES string of the molecule is CCCNC(C)c1csc(N(CC(C)C)CC(C)C)n1. The van der Waals surface area contributed by atoms with Crippen LogP contribution < -0.4 is 10.2 Å². The molecule has 0 saturated carbocycles. The summed E-state index contributed by atoms with van der Waals surface area (Å²) in [5.74, 6) is 1.33. The summed E-state index contributed by atoms with van der Waals surface area (Å²) >= 11 is 1.78. The molecule has 20 heavy (non-hydrogen) atoms. The standard InChI is InChI=1S/C16H31N3S/c1-7-8-17-14(6)15-11-20-16(18-15)19(9-12(2)3)10-13(4)5/h11-14,17H,7-10H2,1-6H3. The van der Waals surface area contributed by atoms with Gasteiger partial charge >= 0.3 is 0 Å². The largest absolute Gasteiger partial charge is 0.348 e. The number of anilines is 1. The summed E-state index contributed by atoms with van der Waals surface area (Å²) in [5, 5.41) is 6.89. The van der Waals surface area contributed by atoms with Crippen molar-refractivity contribution in [2.45, 2.75) is 54.0 Å². The van der Waals surface area contributed by atoms with Gasteiger partial charge in [0, 0.05) is 24.5 Å². The van der Waals surface area contributed by atoms with Crippen molar-refractivity contribution in [3.63, 3.8) is 0 Å². The van der Waals surface area contributed by atoms with Crippen LogP contribution >= 0.6 is 11.3 Å². The first kappa shape index (κ1) is 17.4. The summed E-state index contributed by atoms with van der Waals surface area (Å²) in [6.07, 6.45) is 1.16. The fourth-order valence-corrected chi connectivity index (χ4v) is 3.14. The summed E-state index contributed by atoms with van der Waals surface area (Å²) in [5.41, 5.74) is 1.18. The number of nitrogens with one attached hydrogen (secondary N) is 1. The number of aromatic nitrogens is 1. The Morgan fingerprint density at radius 1 is 1.15 bits per heavy atom. The average Bonchev–Trinajstić information content (AvgIpc) is 2.83. The van der Waals surface area contributed by atoms with Crippen molar-refractivity contribution in [1.82, 2.24) is 10.3 Å². The van der Waals surface area contributed by atoms with Gasteiger partial charge in [0.25, 0.3) is 0 Å². The van der Waals surface area contributed by atoms with E-state index in [4.69, 9.17) is 4.98 Å². The molecule has 0 aliphatic rings. The van der Waals surface area contributed by atoms with E-state index in [2.05, 4.69) is 57.1 Å². The Balaban J connectivity index is 2.74. The van der Waals surface area contributed by atoms with E-state index in [0.717, 1.165) is 26.1 Å². The number of nitrogens with zero attached hydrogens (tertiary/aromatic N) is 2. The molecule has 1 unspecified atom stereocenters. The molecule has 1 aromatic rings. The van der Waals surface area contributed by atoms with Crippen molar-refractivity contribution in [1.29, 1.82) is 0 Å². The lowest BCUT2D eigenvalue weighted by Crippen LogP contribution is -2.31. The molecular formula is C16H31N3S. The summed E-state index contributed by atoms with van der Waals surface area (Å²) in [6, 6.07) is 0.347. The molecule has 0 spiro atoms. The van der Waals surface area contributed by atoms with Crippen LogP contribution in [0.25, 0.3) is 0 Å². The van der Waals surface area contributed by atoms with Crippen molar-refractivity contribution in [2.24, 2.45) is 11.8 Å². The molecule has 0 bridgehead atoms. The first-order chi connectivity index (χ1) is 9.43. The molecule has 0 aromatic carbocycles. The molecule has 1 rings (SSSR count). The van der Waals surface area contributed by atoms with Crippen LogP contribution in [0.4, 0.5) is 5.13 Å². The number of hydrogen-bond acceptors (Lipinski definition) is 4. The summed E-state index contributed by atoms with van der Waals surface area (Å²) in [4.78, 5) is 7.29. The normalized spacial score (nSPS) is 13.2. The Hall–Kier alpha value is -0.610. The first-order valence-electron chi connectivity index (χ1n) is 7.87. The molecule has 0 aliphatic heterocycles. The third kappa shape index (κ3) is 5.80. The lowest BCUT2D eigenvalue weighted by molar-refractivity contribution is 0.544. The zero-order valence-corrected chi connectivity index (χ0v) is 14.8. The molecule has 0 radical (unpaired) electrons. The van der Waals surface area contributed by atoms with E-state index >= 15 is 0 Å². The van der Waals surface area contributed by atoms with Crippen molar-refractivity contribution < 1.29 is 0 Å². The van der Waals surface area contributed by atoms with Crippen LogP contribution in [0.15, 0.2) is 5.38 Å². The van der Waals surface area contributed by atoms with Crippen LogP contribution in [0.1, 0.15) is 59.7 Å². The Morgan fingerprint density at radius 2 is 1.75 bits per heavy atom. The Morgan fingerprint density at radius 3 is 2.25 bits per heavy atom. The van der Waals surface area contributed by atoms with E-state index in [1.165, 1.54) is 10.8 Å². The maximum atomic E-state index is 4.85. The maximum absolute atomic E-state index is 4.85. The molecule has 1 heterocycles. The Labute approximate surface area is 128 Å². The molecule has 0 amide bonds. The lowest BCUT2D eigenvalue weighted by atomic mass is 10.1. The highest BCUT2D eigenvalue weighted by molar-refractivity contribution is 7.13. The topological polar surface area (TPSA) is 28.2 Å². The highest BCUT2D eigenvalue weighted by atomic mass is 32.1. The van der Waals surface area contributed by atoms with Crippen LogP contribution in [0.2, 0.25) is 0 Å². The zero-order valence-electron chi connectivity index (χ0n) is 13.9. The fourth-order valence-electron chi connectivity index (χ4n) is 2.20. The highest BCUT2D eigenvalue weighted by Crippen LogP contribution is 2.25. The molecule has 0 fully saturated rings. The summed E-state index contributed by atoms with van der Waals surface area (Å²) in [7, 11) is 0. The predicted molar refractivity (Wildman–Crippen MR) is 90.7 cm³/mol. The van der Waals surface area contributed by atoms with Gasteiger partial charge in [-0.25, -0.2) is 4.98 Å². The monoisotopic (exact) mass is 297 g/mol. The molecular weight excluding hydrogens is 266 g/mol. The second-order valence-electron chi connectivity index (χ2n) is 6.42. The zero-order chi connectivity index (χ0) is 15.1. The Bertz CT molecular complexity index is 364. The molecule has 1 N–H and O–H groups in total. The quantitative estimate of drug-likeness (QED) is 0.735. The van der Waals surface area contributed by atoms with Gasteiger partial charge in [0.15, 0.2) is 5.13 Å². The molecule has 1 aromatic heterocycles.